The Labute approximate surface area is 104 Å². The third-order valence-electron chi connectivity index (χ3n) is 3.84. The van der Waals surface area contributed by atoms with Gasteiger partial charge in [-0.25, -0.2) is 0 Å². The highest BCUT2D eigenvalue weighted by molar-refractivity contribution is 5.85. The van der Waals surface area contributed by atoms with Gasteiger partial charge in [-0.3, -0.25) is 4.90 Å². The molecule has 1 aliphatic heterocycles. The lowest BCUT2D eigenvalue weighted by Gasteiger charge is -2.70. The molecule has 3 aliphatic carbocycles. The zero-order chi connectivity index (χ0) is 8.94. The summed E-state index contributed by atoms with van der Waals surface area (Å²) < 4.78 is 5.33. The van der Waals surface area contributed by atoms with Gasteiger partial charge < -0.3 is 10.5 Å². The van der Waals surface area contributed by atoms with E-state index in [0.29, 0.717) is 5.41 Å². The Hall–Kier alpha value is 0.460. The summed E-state index contributed by atoms with van der Waals surface area (Å²) in [5, 5.41) is 0. The van der Waals surface area contributed by atoms with Crippen LogP contribution in [0.3, 0.4) is 0 Å². The van der Waals surface area contributed by atoms with E-state index in [-0.39, 0.29) is 30.4 Å². The maximum atomic E-state index is 6.03. The minimum Gasteiger partial charge on any atom is -0.379 e. The van der Waals surface area contributed by atoms with Crippen molar-refractivity contribution in [3.8, 4) is 0 Å². The Morgan fingerprint density at radius 3 is 2.07 bits per heavy atom. The first-order valence-electron chi connectivity index (χ1n) is 5.29. The van der Waals surface area contributed by atoms with Crippen LogP contribution in [0.5, 0.6) is 0 Å². The van der Waals surface area contributed by atoms with Gasteiger partial charge in [-0.2, -0.15) is 0 Å². The molecule has 0 atom stereocenters. The van der Waals surface area contributed by atoms with Gasteiger partial charge >= 0.3 is 0 Å². The molecule has 3 nitrogen and oxygen atoms in total. The molecule has 4 rings (SSSR count). The third kappa shape index (κ3) is 2.27. The van der Waals surface area contributed by atoms with Gasteiger partial charge in [0.05, 0.1) is 13.2 Å². The summed E-state index contributed by atoms with van der Waals surface area (Å²) in [4.78, 5) is 2.54. The van der Waals surface area contributed by atoms with Crippen LogP contribution in [0, 0.1) is 5.41 Å². The van der Waals surface area contributed by atoms with Crippen molar-refractivity contribution in [1.82, 2.24) is 4.90 Å². The number of hydrogen-bond donors (Lipinski definition) is 1. The highest BCUT2D eigenvalue weighted by atomic mass is 35.5. The van der Waals surface area contributed by atoms with Crippen LogP contribution in [0.15, 0.2) is 0 Å². The van der Waals surface area contributed by atoms with E-state index in [0.717, 1.165) is 26.3 Å². The average molecular weight is 255 g/mol. The van der Waals surface area contributed by atoms with Gasteiger partial charge in [-0.15, -0.1) is 24.8 Å². The molecule has 1 saturated heterocycles. The van der Waals surface area contributed by atoms with Gasteiger partial charge in [0.1, 0.15) is 0 Å². The second kappa shape index (κ2) is 4.38. The van der Waals surface area contributed by atoms with Crippen LogP contribution in [0.4, 0.5) is 0 Å². The van der Waals surface area contributed by atoms with Crippen molar-refractivity contribution in [3.05, 3.63) is 0 Å². The van der Waals surface area contributed by atoms with Crippen molar-refractivity contribution in [2.75, 3.05) is 32.8 Å². The van der Waals surface area contributed by atoms with Crippen LogP contribution in [0.2, 0.25) is 0 Å². The summed E-state index contributed by atoms with van der Waals surface area (Å²) in [6.07, 6.45) is 3.83. The molecular weight excluding hydrogens is 235 g/mol. The first-order valence-corrected chi connectivity index (χ1v) is 5.29. The zero-order valence-electron chi connectivity index (χ0n) is 8.91. The minimum absolute atomic E-state index is 0. The molecule has 1 heterocycles. The summed E-state index contributed by atoms with van der Waals surface area (Å²) in [5.74, 6) is 0. The van der Waals surface area contributed by atoms with Crippen molar-refractivity contribution in [2.45, 2.75) is 24.8 Å². The SMILES string of the molecule is Cl.Cl.NC12CC(CN3CCOCC3)(C1)C2. The smallest absolute Gasteiger partial charge is 0.0594 e. The summed E-state index contributed by atoms with van der Waals surface area (Å²) >= 11 is 0. The van der Waals surface area contributed by atoms with Gasteiger partial charge in [0, 0.05) is 25.2 Å². The van der Waals surface area contributed by atoms with E-state index >= 15 is 0 Å². The molecular formula is C10H20Cl2N2O. The van der Waals surface area contributed by atoms with Crippen LogP contribution in [0.1, 0.15) is 19.3 Å². The van der Waals surface area contributed by atoms with Crippen LogP contribution in [0.25, 0.3) is 0 Å². The first kappa shape index (κ1) is 13.5. The Bertz CT molecular complexity index is 212. The van der Waals surface area contributed by atoms with E-state index in [9.17, 15) is 0 Å². The fourth-order valence-electron chi connectivity index (χ4n) is 3.49. The largest absolute Gasteiger partial charge is 0.379 e. The number of hydrogen-bond acceptors (Lipinski definition) is 3. The van der Waals surface area contributed by atoms with Crippen LogP contribution in [-0.2, 0) is 4.74 Å². The van der Waals surface area contributed by atoms with Crippen LogP contribution >= 0.6 is 24.8 Å². The predicted octanol–water partition coefficient (Wildman–Crippen LogP) is 1.04. The highest BCUT2D eigenvalue weighted by Crippen LogP contribution is 2.65. The molecule has 3 saturated carbocycles. The minimum atomic E-state index is 0. The van der Waals surface area contributed by atoms with Gasteiger partial charge in [-0.1, -0.05) is 0 Å². The number of nitrogens with zero attached hydrogens (tertiary/aromatic N) is 1. The number of rotatable bonds is 2. The predicted molar refractivity (Wildman–Crippen MR) is 65.0 cm³/mol. The van der Waals surface area contributed by atoms with Gasteiger partial charge in [0.25, 0.3) is 0 Å². The molecule has 2 N–H and O–H groups in total. The Morgan fingerprint density at radius 2 is 1.60 bits per heavy atom. The lowest BCUT2D eigenvalue weighted by atomic mass is 9.39. The molecule has 0 unspecified atom stereocenters. The van der Waals surface area contributed by atoms with Crippen molar-refractivity contribution in [2.24, 2.45) is 11.1 Å². The molecule has 5 heteroatoms. The molecule has 90 valence electrons. The molecule has 0 radical (unpaired) electrons. The second-order valence-corrected chi connectivity index (χ2v) is 5.28. The summed E-state index contributed by atoms with van der Waals surface area (Å²) in [7, 11) is 0. The van der Waals surface area contributed by atoms with Crippen molar-refractivity contribution in [1.29, 1.82) is 0 Å². The maximum absolute atomic E-state index is 6.03. The van der Waals surface area contributed by atoms with Gasteiger partial charge in [0.2, 0.25) is 0 Å². The van der Waals surface area contributed by atoms with E-state index in [4.69, 9.17) is 10.5 Å². The van der Waals surface area contributed by atoms with E-state index in [1.54, 1.807) is 0 Å². The quantitative estimate of drug-likeness (QED) is 0.801. The number of nitrogens with two attached hydrogens (primary N) is 1. The molecule has 0 aromatic heterocycles. The second-order valence-electron chi connectivity index (χ2n) is 5.28. The van der Waals surface area contributed by atoms with Crippen molar-refractivity contribution in [3.63, 3.8) is 0 Å². The van der Waals surface area contributed by atoms with Crippen LogP contribution in [-0.4, -0.2) is 43.3 Å². The molecule has 0 aromatic carbocycles. The highest BCUT2D eigenvalue weighted by Gasteiger charge is 2.65. The Morgan fingerprint density at radius 1 is 1.07 bits per heavy atom. The topological polar surface area (TPSA) is 38.5 Å². The normalized spacial score (nSPS) is 43.0. The molecule has 15 heavy (non-hydrogen) atoms. The number of halogens is 2. The summed E-state index contributed by atoms with van der Waals surface area (Å²) in [5.41, 5.74) is 6.94. The molecule has 4 fully saturated rings. The fourth-order valence-corrected chi connectivity index (χ4v) is 3.49. The molecule has 0 aromatic rings. The Kier molecular flexibility index (Phi) is 3.95. The van der Waals surface area contributed by atoms with Crippen molar-refractivity contribution < 1.29 is 4.74 Å². The number of ether oxygens (including phenoxy) is 1. The molecule has 2 bridgehead atoms. The van der Waals surface area contributed by atoms with Crippen molar-refractivity contribution >= 4 is 24.8 Å². The lowest BCUT2D eigenvalue weighted by Crippen LogP contribution is -2.74. The molecule has 4 aliphatic rings. The van der Waals surface area contributed by atoms with Crippen LogP contribution < -0.4 is 5.73 Å². The maximum Gasteiger partial charge on any atom is 0.0594 e. The summed E-state index contributed by atoms with van der Waals surface area (Å²) in [6.45, 7) is 5.36. The molecule has 0 spiro atoms. The fraction of sp³-hybridized carbons (Fsp3) is 1.00. The number of morpholine rings is 1. The van der Waals surface area contributed by atoms with Gasteiger partial charge in [0.15, 0.2) is 0 Å². The van der Waals surface area contributed by atoms with E-state index in [1.807, 2.05) is 0 Å². The third-order valence-corrected chi connectivity index (χ3v) is 3.84. The average Bonchev–Trinajstić information content (AvgIpc) is 2.02. The van der Waals surface area contributed by atoms with E-state index in [2.05, 4.69) is 4.90 Å². The van der Waals surface area contributed by atoms with E-state index in [1.165, 1.54) is 25.8 Å². The monoisotopic (exact) mass is 254 g/mol. The van der Waals surface area contributed by atoms with E-state index < -0.39 is 0 Å². The molecule has 0 amide bonds. The van der Waals surface area contributed by atoms with Gasteiger partial charge in [-0.05, 0) is 24.7 Å². The summed E-state index contributed by atoms with van der Waals surface area (Å²) in [6, 6.07) is 0. The zero-order valence-corrected chi connectivity index (χ0v) is 10.5. The lowest BCUT2D eigenvalue weighted by molar-refractivity contribution is -0.153. The Balaban J connectivity index is 0.000000562. The standard InChI is InChI=1S/C10H18N2O.2ClH/c11-10-5-9(6-10,7-10)8-12-1-3-13-4-2-12;;/h1-8,11H2;2*1H. The first-order chi connectivity index (χ1) is 6.20.